The Labute approximate surface area is 93.2 Å². The lowest BCUT2D eigenvalue weighted by molar-refractivity contribution is 0.275. The van der Waals surface area contributed by atoms with E-state index in [0.29, 0.717) is 0 Å². The van der Waals surface area contributed by atoms with Gasteiger partial charge in [-0.1, -0.05) is 12.1 Å². The lowest BCUT2D eigenvalue weighted by Gasteiger charge is -2.14. The molecule has 4 heteroatoms. The number of hydrogen-bond donors (Lipinski definition) is 1. The monoisotopic (exact) mass is 220 g/mol. The number of rotatable bonds is 3. The Hall–Kier alpha value is -1.68. The first-order valence-electron chi connectivity index (χ1n) is 5.06. The number of hydrogen-bond acceptors (Lipinski definition) is 2. The van der Waals surface area contributed by atoms with Crippen LogP contribution in [0.4, 0.5) is 4.39 Å². The molecule has 0 saturated heterocycles. The van der Waals surface area contributed by atoms with Crippen molar-refractivity contribution < 1.29 is 9.50 Å². The van der Waals surface area contributed by atoms with E-state index in [9.17, 15) is 9.50 Å². The second kappa shape index (κ2) is 4.45. The van der Waals surface area contributed by atoms with Crippen molar-refractivity contribution in [1.29, 1.82) is 0 Å². The van der Waals surface area contributed by atoms with Gasteiger partial charge in [-0.25, -0.2) is 9.37 Å². The van der Waals surface area contributed by atoms with Crippen LogP contribution in [-0.2, 0) is 7.05 Å². The van der Waals surface area contributed by atoms with Crippen molar-refractivity contribution >= 4 is 0 Å². The third kappa shape index (κ3) is 1.97. The summed E-state index contributed by atoms with van der Waals surface area (Å²) in [6.07, 6.45) is 3.50. The molecule has 0 spiro atoms. The first-order chi connectivity index (χ1) is 7.72. The SMILES string of the molecule is Cn1ccnc1C(CO)c1ccc(F)cc1. The van der Waals surface area contributed by atoms with Gasteiger partial charge in [0.1, 0.15) is 11.6 Å². The third-order valence-corrected chi connectivity index (χ3v) is 2.63. The molecule has 0 saturated carbocycles. The number of aromatic nitrogens is 2. The van der Waals surface area contributed by atoms with E-state index in [4.69, 9.17) is 0 Å². The highest BCUT2D eigenvalue weighted by molar-refractivity contribution is 5.26. The van der Waals surface area contributed by atoms with Crippen molar-refractivity contribution in [2.45, 2.75) is 5.92 Å². The van der Waals surface area contributed by atoms with E-state index in [-0.39, 0.29) is 18.3 Å². The summed E-state index contributed by atoms with van der Waals surface area (Å²) >= 11 is 0. The summed E-state index contributed by atoms with van der Waals surface area (Å²) in [7, 11) is 1.87. The van der Waals surface area contributed by atoms with Gasteiger partial charge >= 0.3 is 0 Å². The zero-order valence-electron chi connectivity index (χ0n) is 8.97. The molecule has 0 bridgehead atoms. The zero-order chi connectivity index (χ0) is 11.5. The minimum atomic E-state index is -0.278. The molecule has 3 nitrogen and oxygen atoms in total. The molecule has 16 heavy (non-hydrogen) atoms. The molecular formula is C12H13FN2O. The smallest absolute Gasteiger partial charge is 0.123 e. The standard InChI is InChI=1S/C12H13FN2O/c1-15-7-6-14-12(15)11(8-16)9-2-4-10(13)5-3-9/h2-7,11,16H,8H2,1H3. The van der Waals surface area contributed by atoms with Gasteiger partial charge in [0.25, 0.3) is 0 Å². The molecule has 1 aromatic carbocycles. The van der Waals surface area contributed by atoms with E-state index >= 15 is 0 Å². The van der Waals surface area contributed by atoms with Crippen LogP contribution in [-0.4, -0.2) is 21.3 Å². The van der Waals surface area contributed by atoms with Crippen LogP contribution >= 0.6 is 0 Å². The molecule has 0 aliphatic rings. The van der Waals surface area contributed by atoms with Crippen molar-refractivity contribution in [3.63, 3.8) is 0 Å². The van der Waals surface area contributed by atoms with E-state index in [1.54, 1.807) is 18.3 Å². The zero-order valence-corrected chi connectivity index (χ0v) is 8.97. The van der Waals surface area contributed by atoms with Gasteiger partial charge in [-0.15, -0.1) is 0 Å². The molecule has 0 aliphatic carbocycles. The fourth-order valence-electron chi connectivity index (χ4n) is 1.74. The van der Waals surface area contributed by atoms with Gasteiger partial charge in [-0.3, -0.25) is 0 Å². The summed E-state index contributed by atoms with van der Waals surface area (Å²) in [5.41, 5.74) is 0.859. The Kier molecular flexibility index (Phi) is 3.01. The second-order valence-corrected chi connectivity index (χ2v) is 3.68. The largest absolute Gasteiger partial charge is 0.395 e. The third-order valence-electron chi connectivity index (χ3n) is 2.63. The maximum absolute atomic E-state index is 12.8. The Morgan fingerprint density at radius 2 is 2.06 bits per heavy atom. The summed E-state index contributed by atoms with van der Waals surface area (Å²) < 4.78 is 14.6. The number of imidazole rings is 1. The number of aliphatic hydroxyl groups is 1. The quantitative estimate of drug-likeness (QED) is 0.854. The van der Waals surface area contributed by atoms with Crippen LogP contribution in [0, 0.1) is 5.82 Å². The highest BCUT2D eigenvalue weighted by atomic mass is 19.1. The number of aryl methyl sites for hydroxylation is 1. The second-order valence-electron chi connectivity index (χ2n) is 3.68. The van der Waals surface area contributed by atoms with Crippen molar-refractivity contribution in [3.05, 3.63) is 53.9 Å². The Balaban J connectivity index is 2.37. The number of halogens is 1. The van der Waals surface area contributed by atoms with Crippen LogP contribution in [0.5, 0.6) is 0 Å². The Morgan fingerprint density at radius 1 is 1.38 bits per heavy atom. The van der Waals surface area contributed by atoms with Gasteiger partial charge in [0.05, 0.1) is 12.5 Å². The fourth-order valence-corrected chi connectivity index (χ4v) is 1.74. The van der Waals surface area contributed by atoms with Crippen LogP contribution in [0.15, 0.2) is 36.7 Å². The van der Waals surface area contributed by atoms with Crippen molar-refractivity contribution in [3.8, 4) is 0 Å². The maximum atomic E-state index is 12.8. The molecular weight excluding hydrogens is 207 g/mol. The molecule has 1 atom stereocenters. The summed E-state index contributed by atoms with van der Waals surface area (Å²) in [6, 6.07) is 6.12. The molecule has 2 aromatic rings. The molecule has 84 valence electrons. The summed E-state index contributed by atoms with van der Waals surface area (Å²) in [4.78, 5) is 4.19. The molecule has 0 aliphatic heterocycles. The predicted molar refractivity (Wildman–Crippen MR) is 58.5 cm³/mol. The molecule has 1 aromatic heterocycles. The van der Waals surface area contributed by atoms with Gasteiger partial charge in [0.2, 0.25) is 0 Å². The minimum Gasteiger partial charge on any atom is -0.395 e. The lowest BCUT2D eigenvalue weighted by Crippen LogP contribution is -2.11. The maximum Gasteiger partial charge on any atom is 0.123 e. The van der Waals surface area contributed by atoms with Gasteiger partial charge in [-0.2, -0.15) is 0 Å². The number of nitrogens with zero attached hydrogens (tertiary/aromatic N) is 2. The molecule has 0 fully saturated rings. The average molecular weight is 220 g/mol. The lowest BCUT2D eigenvalue weighted by atomic mass is 9.99. The number of aliphatic hydroxyl groups excluding tert-OH is 1. The van der Waals surface area contributed by atoms with Crippen LogP contribution in [0.3, 0.4) is 0 Å². The van der Waals surface area contributed by atoms with E-state index in [1.165, 1.54) is 12.1 Å². The van der Waals surface area contributed by atoms with E-state index < -0.39 is 0 Å². The highest BCUT2D eigenvalue weighted by Gasteiger charge is 2.17. The first kappa shape index (κ1) is 10.8. The van der Waals surface area contributed by atoms with Crippen molar-refractivity contribution in [1.82, 2.24) is 9.55 Å². The predicted octanol–water partition coefficient (Wildman–Crippen LogP) is 1.68. The summed E-state index contributed by atoms with van der Waals surface area (Å²) in [5.74, 6) is 0.287. The minimum absolute atomic E-state index is 0.0452. The molecule has 1 unspecified atom stereocenters. The number of benzene rings is 1. The highest BCUT2D eigenvalue weighted by Crippen LogP contribution is 2.22. The van der Waals surface area contributed by atoms with Gasteiger partial charge in [0.15, 0.2) is 0 Å². The molecule has 0 amide bonds. The molecule has 2 rings (SSSR count). The first-order valence-corrected chi connectivity index (χ1v) is 5.06. The van der Waals surface area contributed by atoms with Crippen LogP contribution < -0.4 is 0 Å². The van der Waals surface area contributed by atoms with E-state index in [1.807, 2.05) is 17.8 Å². The summed E-state index contributed by atoms with van der Waals surface area (Å²) in [5, 5.41) is 9.40. The van der Waals surface area contributed by atoms with E-state index in [0.717, 1.165) is 11.4 Å². The van der Waals surface area contributed by atoms with Gasteiger partial charge in [0, 0.05) is 19.4 Å². The van der Waals surface area contributed by atoms with Crippen molar-refractivity contribution in [2.24, 2.45) is 7.05 Å². The molecule has 1 N–H and O–H groups in total. The summed E-state index contributed by atoms with van der Waals surface area (Å²) in [6.45, 7) is -0.0452. The van der Waals surface area contributed by atoms with Gasteiger partial charge in [-0.05, 0) is 17.7 Å². The molecule has 0 radical (unpaired) electrons. The van der Waals surface area contributed by atoms with Crippen LogP contribution in [0.2, 0.25) is 0 Å². The average Bonchev–Trinajstić information content (AvgIpc) is 2.69. The van der Waals surface area contributed by atoms with Gasteiger partial charge < -0.3 is 9.67 Å². The Morgan fingerprint density at radius 3 is 2.56 bits per heavy atom. The van der Waals surface area contributed by atoms with Crippen LogP contribution in [0.1, 0.15) is 17.3 Å². The Bertz CT molecular complexity index is 464. The fraction of sp³-hybridized carbons (Fsp3) is 0.250. The normalized spacial score (nSPS) is 12.7. The molecule has 1 heterocycles. The van der Waals surface area contributed by atoms with E-state index in [2.05, 4.69) is 4.98 Å². The van der Waals surface area contributed by atoms with Crippen LogP contribution in [0.25, 0.3) is 0 Å². The topological polar surface area (TPSA) is 38.0 Å². The van der Waals surface area contributed by atoms with Crippen molar-refractivity contribution in [2.75, 3.05) is 6.61 Å².